The van der Waals surface area contributed by atoms with Crippen molar-refractivity contribution in [2.24, 2.45) is 0 Å². The molecule has 0 aliphatic heterocycles. The Hall–Kier alpha value is -2.17. The van der Waals surface area contributed by atoms with Crippen molar-refractivity contribution in [1.29, 1.82) is 0 Å². The minimum atomic E-state index is -0.544. The highest BCUT2D eigenvalue weighted by atomic mass is 16.5. The van der Waals surface area contributed by atoms with E-state index in [4.69, 9.17) is 4.74 Å². The predicted molar refractivity (Wildman–Crippen MR) is 69.0 cm³/mol. The van der Waals surface area contributed by atoms with Crippen LogP contribution in [-0.4, -0.2) is 18.1 Å². The number of ether oxygens (including phenoxy) is 1. The largest absolute Gasteiger partial charge is 0.488 e. The molecular weight excluding hydrogens is 232 g/mol. The summed E-state index contributed by atoms with van der Waals surface area (Å²) in [6.45, 7) is 2.69. The average molecular weight is 246 g/mol. The van der Waals surface area contributed by atoms with Crippen LogP contribution in [0.25, 0.3) is 0 Å². The number of pyridine rings is 1. The molecule has 2 rings (SSSR count). The highest BCUT2D eigenvalue weighted by Crippen LogP contribution is 2.16. The minimum absolute atomic E-state index is 0.156. The fraction of sp³-hybridized carbons (Fsp3) is 0.308. The number of nitrogens with one attached hydrogen (secondary N) is 1. The molecule has 18 heavy (non-hydrogen) atoms. The van der Waals surface area contributed by atoms with Gasteiger partial charge in [0.15, 0.2) is 5.75 Å². The third kappa shape index (κ3) is 2.40. The molecule has 0 spiro atoms. The van der Waals surface area contributed by atoms with Gasteiger partial charge in [0.1, 0.15) is 5.69 Å². The van der Waals surface area contributed by atoms with E-state index in [0.29, 0.717) is 19.6 Å². The smallest absolute Gasteiger partial charge is 0.272 e. The first-order chi connectivity index (χ1) is 8.74. The minimum Gasteiger partial charge on any atom is -0.488 e. The summed E-state index contributed by atoms with van der Waals surface area (Å²) in [6, 6.07) is 5.67. The van der Waals surface area contributed by atoms with E-state index in [1.165, 1.54) is 0 Å². The zero-order valence-electron chi connectivity index (χ0n) is 10.1. The van der Waals surface area contributed by atoms with Crippen LogP contribution in [0.3, 0.4) is 0 Å². The van der Waals surface area contributed by atoms with Gasteiger partial charge in [-0.05, 0) is 19.1 Å². The van der Waals surface area contributed by atoms with E-state index in [2.05, 4.69) is 10.3 Å². The van der Waals surface area contributed by atoms with Crippen molar-refractivity contribution in [3.8, 4) is 5.75 Å². The van der Waals surface area contributed by atoms with Gasteiger partial charge in [-0.25, -0.2) is 0 Å². The van der Waals surface area contributed by atoms with Crippen LogP contribution < -0.4 is 20.9 Å². The van der Waals surface area contributed by atoms with Crippen LogP contribution in [0.15, 0.2) is 34.0 Å². The van der Waals surface area contributed by atoms with Gasteiger partial charge in [-0.2, -0.15) is 0 Å². The fourth-order valence-electron chi connectivity index (χ4n) is 1.67. The van der Waals surface area contributed by atoms with Crippen LogP contribution >= 0.6 is 0 Å². The third-order valence-electron chi connectivity index (χ3n) is 2.56. The van der Waals surface area contributed by atoms with E-state index in [1.807, 2.05) is 18.2 Å². The van der Waals surface area contributed by atoms with Gasteiger partial charge in [-0.15, -0.1) is 0 Å². The van der Waals surface area contributed by atoms with E-state index in [0.717, 1.165) is 5.69 Å². The molecule has 1 N–H and O–H groups in total. The maximum Gasteiger partial charge on any atom is 0.272 e. The second-order valence-electron chi connectivity index (χ2n) is 3.79. The van der Waals surface area contributed by atoms with Gasteiger partial charge in [0, 0.05) is 24.9 Å². The average Bonchev–Trinajstić information content (AvgIpc) is 2.42. The van der Waals surface area contributed by atoms with E-state index < -0.39 is 10.9 Å². The van der Waals surface area contributed by atoms with Gasteiger partial charge < -0.3 is 10.1 Å². The van der Waals surface area contributed by atoms with Crippen molar-refractivity contribution in [3.05, 3.63) is 50.5 Å². The van der Waals surface area contributed by atoms with Crippen LogP contribution in [0.5, 0.6) is 5.75 Å². The lowest BCUT2D eigenvalue weighted by atomic mass is 10.2. The van der Waals surface area contributed by atoms with E-state index >= 15 is 0 Å². The molecule has 1 aromatic heterocycles. The highest BCUT2D eigenvalue weighted by molar-refractivity contribution is 5.61. The molecule has 2 aromatic rings. The molecular formula is C13H14N2O3. The first-order valence-corrected chi connectivity index (χ1v) is 5.84. The number of hydrogen-bond acceptors (Lipinski definition) is 5. The molecule has 0 aliphatic rings. The summed E-state index contributed by atoms with van der Waals surface area (Å²) in [5, 5.41) is 2.93. The van der Waals surface area contributed by atoms with Gasteiger partial charge in [-0.3, -0.25) is 14.6 Å². The molecule has 1 aromatic carbocycles. The molecule has 5 nitrogen and oxygen atoms in total. The number of rotatable bonds is 6. The molecule has 0 atom stereocenters. The lowest BCUT2D eigenvalue weighted by Crippen LogP contribution is -2.36. The highest BCUT2D eigenvalue weighted by Gasteiger charge is 2.21. The van der Waals surface area contributed by atoms with E-state index in [1.54, 1.807) is 13.1 Å². The molecule has 5 heteroatoms. The quantitative estimate of drug-likeness (QED) is 0.761. The van der Waals surface area contributed by atoms with Gasteiger partial charge in [0.2, 0.25) is 0 Å². The molecule has 0 saturated carbocycles. The van der Waals surface area contributed by atoms with Gasteiger partial charge in [0.25, 0.3) is 10.9 Å². The van der Waals surface area contributed by atoms with Crippen molar-refractivity contribution in [1.82, 2.24) is 4.98 Å². The Kier molecular flexibility index (Phi) is 3.72. The normalized spacial score (nSPS) is 10.5. The number of aromatic nitrogens is 1. The van der Waals surface area contributed by atoms with Crippen molar-refractivity contribution >= 4 is 5.69 Å². The van der Waals surface area contributed by atoms with Crippen LogP contribution in [-0.2, 0) is 6.42 Å². The van der Waals surface area contributed by atoms with Gasteiger partial charge >= 0.3 is 0 Å². The maximum absolute atomic E-state index is 11.3. The summed E-state index contributed by atoms with van der Waals surface area (Å²) in [7, 11) is 0. The molecule has 0 fully saturated rings. The molecule has 0 unspecified atom stereocenters. The molecule has 0 bridgehead atoms. The third-order valence-corrected chi connectivity index (χ3v) is 2.56. The maximum atomic E-state index is 11.3. The second-order valence-corrected chi connectivity index (χ2v) is 3.79. The van der Waals surface area contributed by atoms with E-state index in [9.17, 15) is 9.59 Å². The summed E-state index contributed by atoms with van der Waals surface area (Å²) in [4.78, 5) is 26.7. The Labute approximate surface area is 104 Å². The Morgan fingerprint density at radius 3 is 2.78 bits per heavy atom. The summed E-state index contributed by atoms with van der Waals surface area (Å²) in [5.74, 6) is 0.156. The fourth-order valence-corrected chi connectivity index (χ4v) is 1.67. The monoisotopic (exact) mass is 246 g/mol. The molecule has 0 amide bonds. The van der Waals surface area contributed by atoms with E-state index in [-0.39, 0.29) is 11.4 Å². The van der Waals surface area contributed by atoms with Crippen molar-refractivity contribution < 1.29 is 4.74 Å². The van der Waals surface area contributed by atoms with Crippen LogP contribution in [0.1, 0.15) is 12.6 Å². The summed E-state index contributed by atoms with van der Waals surface area (Å²) in [5.41, 5.74) is 0.177. The van der Waals surface area contributed by atoms with Crippen LogP contribution in [0.2, 0.25) is 0 Å². The van der Waals surface area contributed by atoms with Crippen LogP contribution in [0.4, 0.5) is 5.69 Å². The van der Waals surface area contributed by atoms with Crippen molar-refractivity contribution in [2.45, 2.75) is 13.3 Å². The summed E-state index contributed by atoms with van der Waals surface area (Å²) in [6.07, 6.45) is 2.41. The van der Waals surface area contributed by atoms with Crippen LogP contribution in [0, 0.1) is 0 Å². The number of nitrogens with zero attached hydrogens (tertiary/aromatic N) is 1. The molecule has 0 saturated heterocycles. The predicted octanol–water partition coefficient (Wildman–Crippen LogP) is 0.731. The first kappa shape index (κ1) is 12.3. The van der Waals surface area contributed by atoms with Crippen molar-refractivity contribution in [2.75, 3.05) is 18.5 Å². The number of anilines is 1. The molecule has 0 radical (unpaired) electrons. The van der Waals surface area contributed by atoms with Gasteiger partial charge in [0.05, 0.1) is 6.61 Å². The first-order valence-electron chi connectivity index (χ1n) is 5.84. The molecule has 0 aliphatic carbocycles. The lowest BCUT2D eigenvalue weighted by Gasteiger charge is -2.12. The Balaban J connectivity index is 1.93. The zero-order valence-corrected chi connectivity index (χ0v) is 10.1. The van der Waals surface area contributed by atoms with Crippen molar-refractivity contribution in [3.63, 3.8) is 0 Å². The number of hydrogen-bond donors (Lipinski definition) is 1. The molecule has 94 valence electrons. The lowest BCUT2D eigenvalue weighted by molar-refractivity contribution is 0.334. The topological polar surface area (TPSA) is 68.3 Å². The Morgan fingerprint density at radius 1 is 1.28 bits per heavy atom. The van der Waals surface area contributed by atoms with Gasteiger partial charge in [-0.1, -0.05) is 6.07 Å². The summed E-state index contributed by atoms with van der Waals surface area (Å²) < 4.78 is 5.11. The molecule has 1 heterocycles. The Bertz CT molecular complexity index is 586. The zero-order chi connectivity index (χ0) is 13.0. The second kappa shape index (κ2) is 5.44. The Morgan fingerprint density at radius 2 is 2.11 bits per heavy atom. The summed E-state index contributed by atoms with van der Waals surface area (Å²) >= 11 is 0. The standard InChI is InChI=1S/C13H14N2O3/c1-2-18-13-10(11(16)12(13)17)15-8-6-9-5-3-4-7-14-9/h3-5,7,15H,2,6,8H2,1H3. The SMILES string of the molecule is CCOc1c(NCCc2ccccn2)c(=O)c1=O.